The van der Waals surface area contributed by atoms with Crippen LogP contribution in [0, 0.1) is 10.1 Å². The van der Waals surface area contributed by atoms with Gasteiger partial charge in [0.25, 0.3) is 5.69 Å². The molecule has 0 radical (unpaired) electrons. The van der Waals surface area contributed by atoms with Crippen LogP contribution in [0.15, 0.2) is 45.5 Å². The van der Waals surface area contributed by atoms with Crippen molar-refractivity contribution in [1.29, 1.82) is 0 Å². The number of hydrogen-bond acceptors (Lipinski definition) is 9. The molecule has 29 heavy (non-hydrogen) atoms. The molecule has 13 heteroatoms. The van der Waals surface area contributed by atoms with Crippen LogP contribution < -0.4 is 103 Å². The van der Waals surface area contributed by atoms with E-state index in [9.17, 15) is 33.3 Å². The Bertz CT molecular complexity index is 1050. The van der Waals surface area contributed by atoms with Gasteiger partial charge in [-0.15, -0.1) is 10.2 Å². The molecule has 0 bridgehead atoms. The Balaban J connectivity index is 0.00000392. The third kappa shape index (κ3) is 7.69. The minimum Gasteiger partial charge on any atom is -0.744 e. The van der Waals surface area contributed by atoms with Crippen molar-refractivity contribution >= 4 is 27.2 Å². The van der Waals surface area contributed by atoms with Gasteiger partial charge in [-0.25, -0.2) is 8.42 Å². The Morgan fingerprint density at radius 1 is 1.00 bits per heavy atom. The number of hydrogen-bond donors (Lipinski definition) is 2. The van der Waals surface area contributed by atoms with E-state index in [-0.39, 0.29) is 120 Å². The fraction of sp³-hybridized carbons (Fsp3) is 0.250. The van der Waals surface area contributed by atoms with E-state index >= 15 is 0 Å². The van der Waals surface area contributed by atoms with Crippen molar-refractivity contribution in [3.8, 4) is 11.5 Å². The second kappa shape index (κ2) is 11.2. The van der Waals surface area contributed by atoms with Gasteiger partial charge >= 0.3 is 103 Å². The maximum atomic E-state index is 11.2. The molecule has 144 valence electrons. The molecule has 0 amide bonds. The number of azo groups is 1. The van der Waals surface area contributed by atoms with Gasteiger partial charge in [0.05, 0.1) is 4.92 Å². The average Bonchev–Trinajstić information content (AvgIpc) is 2.52. The van der Waals surface area contributed by atoms with Crippen LogP contribution in [0.4, 0.5) is 17.1 Å². The largest absolute Gasteiger partial charge is 1.00 e. The van der Waals surface area contributed by atoms with Crippen LogP contribution in [0.5, 0.6) is 11.5 Å². The number of rotatable bonds is 4. The third-order valence-corrected chi connectivity index (χ3v) is 4.48. The molecular weight excluding hydrogens is 456 g/mol. The van der Waals surface area contributed by atoms with E-state index in [1.165, 1.54) is 12.1 Å². The number of benzene rings is 2. The van der Waals surface area contributed by atoms with E-state index in [4.69, 9.17) is 0 Å². The second-order valence-corrected chi connectivity index (χ2v) is 8.02. The van der Waals surface area contributed by atoms with Crippen LogP contribution in [0.3, 0.4) is 0 Å². The normalized spacial score (nSPS) is 11.6. The van der Waals surface area contributed by atoms with Crippen LogP contribution in [0.1, 0.15) is 26.3 Å². The number of nitro benzene ring substituents is 1. The van der Waals surface area contributed by atoms with Crippen molar-refractivity contribution in [3.05, 3.63) is 46.0 Å². The fourth-order valence-electron chi connectivity index (χ4n) is 2.13. The Kier molecular flexibility index (Phi) is 11.3. The first kappa shape index (κ1) is 29.2. The minimum atomic E-state index is -5.18. The van der Waals surface area contributed by atoms with Crippen LogP contribution in [-0.2, 0) is 15.5 Å². The molecule has 0 saturated carbocycles. The zero-order valence-corrected chi connectivity index (χ0v) is 23.6. The standard InChI is InChI=1S/C16H17N3O7S.2K/c1-16(2,3)9-4-5-13(20)11(6-9)17-18-12-7-10(19(22)23)8-14(15(12)21)27(24,25)26;;/h4-8,20-21H,1-3H3,(H,24,25,26);;/q;2*+1/p-1. The predicted octanol–water partition coefficient (Wildman–Crippen LogP) is -2.37. The molecule has 0 heterocycles. The van der Waals surface area contributed by atoms with Gasteiger partial charge in [-0.3, -0.25) is 10.1 Å². The number of aromatic hydroxyl groups is 2. The predicted molar refractivity (Wildman–Crippen MR) is 93.7 cm³/mol. The second-order valence-electron chi connectivity index (χ2n) is 6.68. The van der Waals surface area contributed by atoms with Crippen LogP contribution >= 0.6 is 0 Å². The molecular formula is C16H16K2N3O7S+. The summed E-state index contributed by atoms with van der Waals surface area (Å²) in [5.41, 5.74) is -0.821. The molecule has 2 aromatic carbocycles. The summed E-state index contributed by atoms with van der Waals surface area (Å²) in [6, 6.07) is 5.79. The minimum absolute atomic E-state index is 0. The smallest absolute Gasteiger partial charge is 0.744 e. The summed E-state index contributed by atoms with van der Waals surface area (Å²) in [6.45, 7) is 5.79. The molecule has 0 unspecified atom stereocenters. The molecule has 0 saturated heterocycles. The summed E-state index contributed by atoms with van der Waals surface area (Å²) >= 11 is 0. The van der Waals surface area contributed by atoms with Crippen molar-refractivity contribution in [1.82, 2.24) is 0 Å². The summed E-state index contributed by atoms with van der Waals surface area (Å²) in [4.78, 5) is 8.82. The summed E-state index contributed by atoms with van der Waals surface area (Å²) in [5, 5.41) is 38.1. The number of phenolic OH excluding ortho intramolecular Hbond substituents is 2. The number of nitrogens with zero attached hydrogens (tertiary/aromatic N) is 3. The summed E-state index contributed by atoms with van der Waals surface area (Å²) in [6.07, 6.45) is 0. The van der Waals surface area contributed by atoms with Gasteiger partial charge < -0.3 is 14.8 Å². The van der Waals surface area contributed by atoms with E-state index in [0.29, 0.717) is 6.07 Å². The van der Waals surface area contributed by atoms with Crippen molar-refractivity contribution < 1.29 is 131 Å². The first-order chi connectivity index (χ1) is 12.3. The zero-order chi connectivity index (χ0) is 20.6. The molecule has 0 aliphatic rings. The summed E-state index contributed by atoms with van der Waals surface area (Å²) in [7, 11) is -5.18. The van der Waals surface area contributed by atoms with Crippen LogP contribution in [0.2, 0.25) is 0 Å². The SMILES string of the molecule is CC(C)(C)c1ccc(O)c(N=Nc2cc([N+](=O)[O-])cc(S(=O)(=O)[O-])c2O)c1.[K+].[K+]. The monoisotopic (exact) mass is 472 g/mol. The van der Waals surface area contributed by atoms with Crippen LogP contribution in [0.25, 0.3) is 0 Å². The van der Waals surface area contributed by atoms with Gasteiger partial charge in [0.15, 0.2) is 5.75 Å². The molecule has 10 nitrogen and oxygen atoms in total. The van der Waals surface area contributed by atoms with Crippen molar-refractivity contribution in [3.63, 3.8) is 0 Å². The van der Waals surface area contributed by atoms with Gasteiger partial charge in [0, 0.05) is 12.1 Å². The zero-order valence-electron chi connectivity index (χ0n) is 16.6. The van der Waals surface area contributed by atoms with Gasteiger partial charge in [0.1, 0.15) is 32.1 Å². The average molecular weight is 473 g/mol. The van der Waals surface area contributed by atoms with E-state index in [0.717, 1.165) is 11.6 Å². The van der Waals surface area contributed by atoms with Crippen molar-refractivity contribution in [2.45, 2.75) is 31.1 Å². The Hall–Kier alpha value is 0.223. The topological polar surface area (TPSA) is 166 Å². The molecule has 0 aliphatic heterocycles. The Morgan fingerprint density at radius 2 is 1.55 bits per heavy atom. The molecule has 2 N–H and O–H groups in total. The Morgan fingerprint density at radius 3 is 2.03 bits per heavy atom. The maximum absolute atomic E-state index is 11.2. The molecule has 2 rings (SSSR count). The molecule has 0 aromatic heterocycles. The van der Waals surface area contributed by atoms with Gasteiger partial charge in [-0.05, 0) is 23.1 Å². The van der Waals surface area contributed by atoms with Gasteiger partial charge in [-0.2, -0.15) is 0 Å². The first-order valence-electron chi connectivity index (χ1n) is 7.53. The van der Waals surface area contributed by atoms with E-state index in [1.807, 2.05) is 20.8 Å². The molecule has 0 atom stereocenters. The number of nitro groups is 1. The maximum Gasteiger partial charge on any atom is 1.00 e. The summed E-state index contributed by atoms with van der Waals surface area (Å²) in [5.74, 6) is -1.31. The fourth-order valence-corrected chi connectivity index (χ4v) is 2.74. The van der Waals surface area contributed by atoms with E-state index in [1.54, 1.807) is 6.07 Å². The number of non-ortho nitro benzene ring substituents is 1. The first-order valence-corrected chi connectivity index (χ1v) is 8.94. The van der Waals surface area contributed by atoms with Gasteiger partial charge in [-0.1, -0.05) is 26.8 Å². The molecule has 0 fully saturated rings. The van der Waals surface area contributed by atoms with E-state index < -0.39 is 37.1 Å². The van der Waals surface area contributed by atoms with Gasteiger partial charge in [0.2, 0.25) is 0 Å². The third-order valence-electron chi connectivity index (χ3n) is 3.63. The number of phenols is 2. The molecule has 2 aromatic rings. The van der Waals surface area contributed by atoms with Crippen LogP contribution in [-0.4, -0.2) is 28.1 Å². The summed E-state index contributed by atoms with van der Waals surface area (Å²) < 4.78 is 33.6. The molecule has 0 aliphatic carbocycles. The van der Waals surface area contributed by atoms with Crippen molar-refractivity contribution in [2.24, 2.45) is 10.2 Å². The Labute approximate surface area is 252 Å². The molecule has 0 spiro atoms. The quantitative estimate of drug-likeness (QED) is 0.165. The van der Waals surface area contributed by atoms with E-state index in [2.05, 4.69) is 10.2 Å². The van der Waals surface area contributed by atoms with Crippen molar-refractivity contribution in [2.75, 3.05) is 0 Å².